The van der Waals surface area contributed by atoms with Gasteiger partial charge in [0, 0.05) is 0 Å². The molecule has 0 radical (unpaired) electrons. The van der Waals surface area contributed by atoms with E-state index in [9.17, 15) is 0 Å². The summed E-state index contributed by atoms with van der Waals surface area (Å²) in [5.74, 6) is 0. The Morgan fingerprint density at radius 3 is 2.75 bits per heavy atom. The molecule has 2 nitrogen and oxygen atoms in total. The lowest BCUT2D eigenvalue weighted by Gasteiger charge is -2.04. The van der Waals surface area contributed by atoms with Crippen LogP contribution in [0.15, 0.2) is 12.8 Å². The van der Waals surface area contributed by atoms with Crippen molar-refractivity contribution >= 4 is 0 Å². The Morgan fingerprint density at radius 1 is 1.75 bits per heavy atom. The fourth-order valence-electron chi connectivity index (χ4n) is 0.202. The van der Waals surface area contributed by atoms with Gasteiger partial charge >= 0.3 is 0 Å². The molecule has 0 aliphatic rings. The molecule has 0 N–H and O–H groups in total. The molecule has 0 amide bonds. The van der Waals surface area contributed by atoms with Gasteiger partial charge in [-0.15, -0.1) is 0 Å². The van der Waals surface area contributed by atoms with E-state index >= 15 is 0 Å². The standard InChI is InChI=1S/C6H12O2/c1-4-6(3)8-7-5-2/h5-6H,2,4H2,1,3H3. The summed E-state index contributed by atoms with van der Waals surface area (Å²) in [5, 5.41) is 0. The van der Waals surface area contributed by atoms with Crippen molar-refractivity contribution < 1.29 is 9.78 Å². The van der Waals surface area contributed by atoms with Crippen LogP contribution in [0, 0.1) is 0 Å². The molecule has 0 rings (SSSR count). The quantitative estimate of drug-likeness (QED) is 0.317. The molecule has 0 saturated carbocycles. The van der Waals surface area contributed by atoms with E-state index in [4.69, 9.17) is 4.89 Å². The lowest BCUT2D eigenvalue weighted by atomic mass is 10.3. The monoisotopic (exact) mass is 116 g/mol. The van der Waals surface area contributed by atoms with Gasteiger partial charge in [0.15, 0.2) is 0 Å². The van der Waals surface area contributed by atoms with Gasteiger partial charge in [-0.2, -0.15) is 4.89 Å². The Balaban J connectivity index is 2.97. The predicted molar refractivity (Wildman–Crippen MR) is 32.1 cm³/mol. The summed E-state index contributed by atoms with van der Waals surface area (Å²) in [5.41, 5.74) is 0. The van der Waals surface area contributed by atoms with Crippen molar-refractivity contribution in [3.8, 4) is 0 Å². The average molecular weight is 116 g/mol. The van der Waals surface area contributed by atoms with Crippen LogP contribution < -0.4 is 0 Å². The first-order valence-corrected chi connectivity index (χ1v) is 2.74. The van der Waals surface area contributed by atoms with Crippen molar-refractivity contribution in [2.24, 2.45) is 0 Å². The SMILES string of the molecule is C=COOC(C)CC. The highest BCUT2D eigenvalue weighted by Crippen LogP contribution is 1.95. The molecule has 0 saturated heterocycles. The maximum atomic E-state index is 4.72. The molecule has 0 aromatic rings. The average Bonchev–Trinajstić information content (AvgIpc) is 1.83. The minimum Gasteiger partial charge on any atom is -0.346 e. The van der Waals surface area contributed by atoms with Crippen LogP contribution in [-0.4, -0.2) is 6.10 Å². The van der Waals surface area contributed by atoms with E-state index in [1.165, 1.54) is 6.26 Å². The van der Waals surface area contributed by atoms with Crippen molar-refractivity contribution in [2.45, 2.75) is 26.4 Å². The summed E-state index contributed by atoms with van der Waals surface area (Å²) in [4.78, 5) is 9.17. The van der Waals surface area contributed by atoms with Crippen molar-refractivity contribution in [3.63, 3.8) is 0 Å². The molecular formula is C6H12O2. The molecule has 0 fully saturated rings. The highest BCUT2D eigenvalue weighted by atomic mass is 17.2. The molecular weight excluding hydrogens is 104 g/mol. The molecule has 0 spiro atoms. The smallest absolute Gasteiger partial charge is 0.122 e. The third-order valence-electron chi connectivity index (χ3n) is 0.863. The van der Waals surface area contributed by atoms with Crippen molar-refractivity contribution in [3.05, 3.63) is 12.8 Å². The second kappa shape index (κ2) is 4.65. The van der Waals surface area contributed by atoms with Gasteiger partial charge in [-0.1, -0.05) is 13.5 Å². The third-order valence-corrected chi connectivity index (χ3v) is 0.863. The van der Waals surface area contributed by atoms with Gasteiger partial charge in [0.25, 0.3) is 0 Å². The van der Waals surface area contributed by atoms with Crippen LogP contribution in [0.2, 0.25) is 0 Å². The molecule has 0 aromatic heterocycles. The van der Waals surface area contributed by atoms with Crippen LogP contribution in [0.3, 0.4) is 0 Å². The fourth-order valence-corrected chi connectivity index (χ4v) is 0.202. The van der Waals surface area contributed by atoms with Crippen molar-refractivity contribution in [1.29, 1.82) is 0 Å². The van der Waals surface area contributed by atoms with E-state index in [1.807, 2.05) is 13.8 Å². The van der Waals surface area contributed by atoms with Gasteiger partial charge < -0.3 is 4.89 Å². The summed E-state index contributed by atoms with van der Waals surface area (Å²) in [6.07, 6.45) is 2.38. The third kappa shape index (κ3) is 3.68. The van der Waals surface area contributed by atoms with Gasteiger partial charge in [-0.25, -0.2) is 0 Å². The zero-order valence-electron chi connectivity index (χ0n) is 5.39. The zero-order valence-corrected chi connectivity index (χ0v) is 5.39. The van der Waals surface area contributed by atoms with Crippen LogP contribution >= 0.6 is 0 Å². The minimum absolute atomic E-state index is 0.160. The molecule has 0 bridgehead atoms. The Hall–Kier alpha value is -0.500. The number of hydrogen-bond acceptors (Lipinski definition) is 2. The zero-order chi connectivity index (χ0) is 6.41. The summed E-state index contributed by atoms with van der Waals surface area (Å²) in [6.45, 7) is 7.28. The van der Waals surface area contributed by atoms with E-state index in [2.05, 4.69) is 11.5 Å². The summed E-state index contributed by atoms with van der Waals surface area (Å²) >= 11 is 0. The lowest BCUT2D eigenvalue weighted by Crippen LogP contribution is -2.03. The molecule has 0 aliphatic heterocycles. The Labute approximate surface area is 50.0 Å². The van der Waals surface area contributed by atoms with Crippen LogP contribution in [0.25, 0.3) is 0 Å². The Morgan fingerprint density at radius 2 is 2.38 bits per heavy atom. The fraction of sp³-hybridized carbons (Fsp3) is 0.667. The maximum absolute atomic E-state index is 4.72. The number of rotatable bonds is 4. The van der Waals surface area contributed by atoms with Gasteiger partial charge in [0.05, 0.1) is 0 Å². The highest BCUT2D eigenvalue weighted by Gasteiger charge is 1.95. The van der Waals surface area contributed by atoms with E-state index in [-0.39, 0.29) is 6.10 Å². The van der Waals surface area contributed by atoms with E-state index in [0.717, 1.165) is 6.42 Å². The normalized spacial score (nSPS) is 12.8. The molecule has 1 atom stereocenters. The van der Waals surface area contributed by atoms with Crippen LogP contribution in [-0.2, 0) is 9.78 Å². The molecule has 8 heavy (non-hydrogen) atoms. The highest BCUT2D eigenvalue weighted by molar-refractivity contribution is 4.44. The minimum atomic E-state index is 0.160. The van der Waals surface area contributed by atoms with Crippen molar-refractivity contribution in [2.75, 3.05) is 0 Å². The van der Waals surface area contributed by atoms with Gasteiger partial charge in [-0.3, -0.25) is 0 Å². The number of hydrogen-bond donors (Lipinski definition) is 0. The summed E-state index contributed by atoms with van der Waals surface area (Å²) in [7, 11) is 0. The summed E-state index contributed by atoms with van der Waals surface area (Å²) in [6, 6.07) is 0. The van der Waals surface area contributed by atoms with E-state index in [0.29, 0.717) is 0 Å². The predicted octanol–water partition coefficient (Wildman–Crippen LogP) is 1.88. The van der Waals surface area contributed by atoms with E-state index in [1.54, 1.807) is 0 Å². The molecule has 48 valence electrons. The molecule has 1 unspecified atom stereocenters. The first kappa shape index (κ1) is 7.50. The lowest BCUT2D eigenvalue weighted by molar-refractivity contribution is -0.278. The maximum Gasteiger partial charge on any atom is 0.122 e. The molecule has 2 heteroatoms. The molecule has 0 heterocycles. The first-order chi connectivity index (χ1) is 3.81. The van der Waals surface area contributed by atoms with Crippen molar-refractivity contribution in [1.82, 2.24) is 0 Å². The summed E-state index contributed by atoms with van der Waals surface area (Å²) < 4.78 is 0. The topological polar surface area (TPSA) is 18.5 Å². The Bertz CT molecular complexity index is 61.5. The first-order valence-electron chi connectivity index (χ1n) is 2.74. The molecule has 0 aliphatic carbocycles. The van der Waals surface area contributed by atoms with Gasteiger partial charge in [-0.05, 0) is 13.3 Å². The second-order valence-corrected chi connectivity index (χ2v) is 1.58. The second-order valence-electron chi connectivity index (χ2n) is 1.58. The van der Waals surface area contributed by atoms with E-state index < -0.39 is 0 Å². The Kier molecular flexibility index (Phi) is 4.36. The van der Waals surface area contributed by atoms with Crippen LogP contribution in [0.4, 0.5) is 0 Å². The van der Waals surface area contributed by atoms with Crippen LogP contribution in [0.1, 0.15) is 20.3 Å². The largest absolute Gasteiger partial charge is 0.346 e. The van der Waals surface area contributed by atoms with Gasteiger partial charge in [0.1, 0.15) is 12.4 Å². The van der Waals surface area contributed by atoms with Crippen LogP contribution in [0.5, 0.6) is 0 Å². The molecule has 0 aromatic carbocycles. The van der Waals surface area contributed by atoms with Gasteiger partial charge in [0.2, 0.25) is 0 Å².